The minimum absolute atomic E-state index is 0. The third-order valence-electron chi connectivity index (χ3n) is 5.58. The van der Waals surface area contributed by atoms with E-state index in [-0.39, 0.29) is 21.7 Å². The van der Waals surface area contributed by atoms with Crippen LogP contribution in [0.1, 0.15) is 145 Å². The molecule has 2 nitrogen and oxygen atoms in total. The van der Waals surface area contributed by atoms with Crippen molar-refractivity contribution in [3.63, 3.8) is 0 Å². The van der Waals surface area contributed by atoms with Crippen LogP contribution in [-0.4, -0.2) is 30.2 Å². The van der Waals surface area contributed by atoms with Gasteiger partial charge < -0.3 is 10.2 Å². The first kappa shape index (κ1) is 41.6. The molecule has 0 heterocycles. The van der Waals surface area contributed by atoms with Crippen molar-refractivity contribution in [1.29, 1.82) is 0 Å². The zero-order valence-electron chi connectivity index (χ0n) is 23.9. The first-order valence-corrected chi connectivity index (χ1v) is 16.0. The molecular weight excluding hydrogens is 478 g/mol. The maximum Gasteiger partial charge on any atom is 2.00 e. The van der Waals surface area contributed by atoms with Crippen LogP contribution in [0.2, 0.25) is 0 Å². The molecule has 1 aliphatic rings. The zero-order chi connectivity index (χ0) is 25.3. The summed E-state index contributed by atoms with van der Waals surface area (Å²) in [7, 11) is 3.96. The van der Waals surface area contributed by atoms with Crippen molar-refractivity contribution in [1.82, 2.24) is 0 Å². The average Bonchev–Trinajstić information content (AvgIpc) is 2.72. The van der Waals surface area contributed by atoms with Crippen molar-refractivity contribution in [2.45, 2.75) is 163 Å². The van der Waals surface area contributed by atoms with Crippen LogP contribution < -0.4 is 10.2 Å². The number of unbranched alkanes of at least 4 members (excludes halogenated alkanes) is 4. The van der Waals surface area contributed by atoms with Crippen LogP contribution in [0.5, 0.6) is 0 Å². The Balaban J connectivity index is -0.000000247. The fraction of sp³-hybridized carbons (Fsp3) is 1.00. The minimum atomic E-state index is -0.417. The second kappa shape index (κ2) is 31.5. The second-order valence-corrected chi connectivity index (χ2v) is 12.3. The van der Waals surface area contributed by atoms with Gasteiger partial charge in [-0.15, -0.1) is 30.0 Å². The Morgan fingerprint density at radius 3 is 1.58 bits per heavy atom. The predicted octanol–water partition coefficient (Wildman–Crippen LogP) is 7.94. The molecule has 0 N–H and O–H groups in total. The van der Waals surface area contributed by atoms with Gasteiger partial charge in [-0.25, -0.2) is 0 Å². The van der Waals surface area contributed by atoms with E-state index >= 15 is 0 Å². The van der Waals surface area contributed by atoms with Gasteiger partial charge in [0.1, 0.15) is 0 Å². The van der Waals surface area contributed by atoms with Gasteiger partial charge in [0.25, 0.3) is 0 Å². The summed E-state index contributed by atoms with van der Waals surface area (Å²) < 4.78 is 0. The van der Waals surface area contributed by atoms with Gasteiger partial charge in [-0.1, -0.05) is 107 Å². The van der Waals surface area contributed by atoms with E-state index in [1.54, 1.807) is 47.0 Å². The van der Waals surface area contributed by atoms with Gasteiger partial charge in [0, 0.05) is 0 Å². The molecule has 0 bridgehead atoms. The predicted molar refractivity (Wildman–Crippen MR) is 152 cm³/mol. The van der Waals surface area contributed by atoms with Gasteiger partial charge in [-0.2, -0.15) is 0 Å². The normalized spacial score (nSPS) is 16.8. The van der Waals surface area contributed by atoms with Crippen LogP contribution in [-0.2, 0) is 21.7 Å². The van der Waals surface area contributed by atoms with Crippen molar-refractivity contribution >= 4 is 17.8 Å². The zero-order valence-corrected chi connectivity index (χ0v) is 27.7. The Hall–Kier alpha value is 1.49. The van der Waals surface area contributed by atoms with Crippen LogP contribution >= 0.6 is 17.8 Å². The minimum Gasteiger partial charge on any atom is -0.852 e. The summed E-state index contributed by atoms with van der Waals surface area (Å²) >= 11 is 0. The third-order valence-corrected chi connectivity index (χ3v) is 7.70. The fourth-order valence-electron chi connectivity index (χ4n) is 3.99. The standard InChI is InChI=1S/C18H37P.C4H11P.2C3H7O.Ti/c1-4-7-12-18(13-8-5-2)14-10-11-17(16-18)19-15-9-6-3;1-2-3-4-5;2*1-3(2)4;/h17,19H,4-16H2,1-3H3;2-5H2,1H3;2*3H,1-2H3;/q;;2*-1;+2. The molecule has 0 aromatic carbocycles. The van der Waals surface area contributed by atoms with Crippen molar-refractivity contribution in [2.24, 2.45) is 5.41 Å². The molecule has 0 saturated heterocycles. The van der Waals surface area contributed by atoms with Crippen LogP contribution in [0.4, 0.5) is 0 Å². The van der Waals surface area contributed by atoms with Gasteiger partial charge in [-0.3, -0.25) is 0 Å². The smallest absolute Gasteiger partial charge is 0.852 e. The molecule has 0 aromatic rings. The van der Waals surface area contributed by atoms with E-state index in [0.29, 0.717) is 0 Å². The Labute approximate surface area is 229 Å². The molecular formula is C28H62O2P2Ti. The fourth-order valence-corrected chi connectivity index (χ4v) is 6.35. The van der Waals surface area contributed by atoms with E-state index in [4.69, 9.17) is 0 Å². The van der Waals surface area contributed by atoms with E-state index in [0.717, 1.165) is 11.1 Å². The van der Waals surface area contributed by atoms with Crippen molar-refractivity contribution < 1.29 is 31.9 Å². The first-order valence-electron chi connectivity index (χ1n) is 13.9. The van der Waals surface area contributed by atoms with Gasteiger partial charge >= 0.3 is 21.7 Å². The summed E-state index contributed by atoms with van der Waals surface area (Å²) in [5.74, 6) is 0. The van der Waals surface area contributed by atoms with Crippen LogP contribution in [0, 0.1) is 5.41 Å². The molecule has 0 aromatic heterocycles. The number of rotatable bonds is 12. The molecule has 1 aliphatic carbocycles. The average molecular weight is 541 g/mol. The maximum absolute atomic E-state index is 9.53. The van der Waals surface area contributed by atoms with Gasteiger partial charge in [0.05, 0.1) is 0 Å². The van der Waals surface area contributed by atoms with Crippen molar-refractivity contribution in [3.8, 4) is 0 Å². The van der Waals surface area contributed by atoms with Crippen LogP contribution in [0.25, 0.3) is 0 Å². The second-order valence-electron chi connectivity index (χ2n) is 10.0. The topological polar surface area (TPSA) is 46.1 Å². The summed E-state index contributed by atoms with van der Waals surface area (Å²) in [6.45, 7) is 15.7. The summed E-state index contributed by atoms with van der Waals surface area (Å²) in [5.41, 5.74) is 1.85. The van der Waals surface area contributed by atoms with E-state index in [2.05, 4.69) is 36.9 Å². The SMILES string of the molecule is CC(C)[O-].CC(C)[O-].CCCCP.CCCCPC1CCCC(CCCC)(CCCC)C1.[Ti+2]. The van der Waals surface area contributed by atoms with E-state index < -0.39 is 12.2 Å². The summed E-state index contributed by atoms with van der Waals surface area (Å²) in [6.07, 6.45) is 22.4. The van der Waals surface area contributed by atoms with Crippen molar-refractivity contribution in [2.75, 3.05) is 12.3 Å². The molecule has 0 radical (unpaired) electrons. The van der Waals surface area contributed by atoms with E-state index in [9.17, 15) is 10.2 Å². The molecule has 5 heteroatoms. The van der Waals surface area contributed by atoms with Crippen LogP contribution in [0.15, 0.2) is 0 Å². The molecule has 200 valence electrons. The van der Waals surface area contributed by atoms with Gasteiger partial charge in [0.2, 0.25) is 0 Å². The molecule has 33 heavy (non-hydrogen) atoms. The number of hydrogen-bond acceptors (Lipinski definition) is 2. The van der Waals surface area contributed by atoms with E-state index in [1.807, 2.05) is 0 Å². The summed E-state index contributed by atoms with van der Waals surface area (Å²) in [4.78, 5) is 0. The Bertz CT molecular complexity index is 320. The van der Waals surface area contributed by atoms with Gasteiger partial charge in [-0.05, 0) is 61.9 Å². The summed E-state index contributed by atoms with van der Waals surface area (Å²) in [6, 6.07) is 0. The largest absolute Gasteiger partial charge is 2.00 e. The molecule has 1 fully saturated rings. The Kier molecular flexibility index (Phi) is 39.8. The Morgan fingerprint density at radius 2 is 1.24 bits per heavy atom. The quantitative estimate of drug-likeness (QED) is 0.143. The molecule has 0 aliphatic heterocycles. The van der Waals surface area contributed by atoms with Crippen molar-refractivity contribution in [3.05, 3.63) is 0 Å². The molecule has 0 spiro atoms. The monoisotopic (exact) mass is 540 g/mol. The third kappa shape index (κ3) is 35.7. The van der Waals surface area contributed by atoms with E-state index in [1.165, 1.54) is 91.5 Å². The molecule has 3 unspecified atom stereocenters. The molecule has 3 atom stereocenters. The maximum atomic E-state index is 9.53. The molecule has 0 amide bonds. The Morgan fingerprint density at radius 1 is 0.818 bits per heavy atom. The molecule has 1 rings (SSSR count). The molecule has 1 saturated carbocycles. The number of hydrogen-bond donors (Lipinski definition) is 0. The van der Waals surface area contributed by atoms with Gasteiger partial charge in [0.15, 0.2) is 0 Å². The summed E-state index contributed by atoms with van der Waals surface area (Å²) in [5, 5.41) is 19.1. The van der Waals surface area contributed by atoms with Crippen LogP contribution in [0.3, 0.4) is 0 Å². The first-order chi connectivity index (χ1) is 15.1.